The van der Waals surface area contributed by atoms with Crippen LogP contribution in [0.4, 0.5) is 11.4 Å². The molecule has 1 aromatic carbocycles. The first-order valence-electron chi connectivity index (χ1n) is 6.00. The molecule has 1 amide bonds. The second-order valence-electron chi connectivity index (χ2n) is 4.04. The maximum absolute atomic E-state index is 12.0. The zero-order valence-electron chi connectivity index (χ0n) is 10.9. The van der Waals surface area contributed by atoms with Gasteiger partial charge >= 0.3 is 0 Å². The van der Waals surface area contributed by atoms with Gasteiger partial charge in [0.15, 0.2) is 5.17 Å². The van der Waals surface area contributed by atoms with Gasteiger partial charge in [0.2, 0.25) is 0 Å². The Balaban J connectivity index is 2.04. The highest BCUT2D eigenvalue weighted by molar-refractivity contribution is 8.14. The van der Waals surface area contributed by atoms with Gasteiger partial charge in [-0.15, -0.1) is 0 Å². The van der Waals surface area contributed by atoms with E-state index in [9.17, 15) is 4.79 Å². The van der Waals surface area contributed by atoms with E-state index in [0.717, 1.165) is 12.3 Å². The Hall–Kier alpha value is -2.17. The van der Waals surface area contributed by atoms with E-state index in [4.69, 9.17) is 22.6 Å². The number of nitrogens with zero attached hydrogens (tertiary/aromatic N) is 2. The van der Waals surface area contributed by atoms with Gasteiger partial charge in [0.25, 0.3) is 5.91 Å². The average molecular weight is 322 g/mol. The van der Waals surface area contributed by atoms with Gasteiger partial charge < -0.3 is 16.4 Å². The lowest BCUT2D eigenvalue weighted by Gasteiger charge is -2.06. The van der Waals surface area contributed by atoms with Crippen LogP contribution in [0, 0.1) is 11.3 Å². The highest BCUT2D eigenvalue weighted by Crippen LogP contribution is 2.22. The highest BCUT2D eigenvalue weighted by atomic mass is 35.5. The summed E-state index contributed by atoms with van der Waals surface area (Å²) >= 11 is 7.41. The van der Waals surface area contributed by atoms with Gasteiger partial charge in [-0.25, -0.2) is 0 Å². The van der Waals surface area contributed by atoms with Crippen molar-refractivity contribution in [1.82, 2.24) is 5.32 Å². The van der Waals surface area contributed by atoms with Crippen LogP contribution in [-0.4, -0.2) is 23.4 Å². The maximum Gasteiger partial charge on any atom is 0.267 e. The predicted molar refractivity (Wildman–Crippen MR) is 86.1 cm³/mol. The lowest BCUT2D eigenvalue weighted by molar-refractivity contribution is -0.112. The van der Waals surface area contributed by atoms with Crippen molar-refractivity contribution < 1.29 is 4.79 Å². The number of nitrogen functional groups attached to an aromatic ring is 1. The zero-order valence-corrected chi connectivity index (χ0v) is 12.5. The molecule has 0 saturated heterocycles. The summed E-state index contributed by atoms with van der Waals surface area (Å²) in [5.74, 6) is 0.364. The number of thioether (sulfide) groups is 1. The number of nitrogens with two attached hydrogens (primary N) is 1. The Morgan fingerprint density at radius 3 is 3.00 bits per heavy atom. The number of carbonyl (C=O) groups excluding carboxylic acids is 1. The molecule has 1 aliphatic rings. The molecule has 0 spiro atoms. The lowest BCUT2D eigenvalue weighted by Crippen LogP contribution is -2.18. The Bertz CT molecular complexity index is 665. The standard InChI is InChI=1S/C13H12ClN5OS/c14-10-5-9(1-2-11(10)16)19-12(20)8(6-15)7-18-13-17-3-4-21-13/h1-2,5,7H,3-4,16H2,(H,17,18)(H,19,20)/b8-7-. The molecule has 2 rings (SSSR count). The number of nitrogens with one attached hydrogen (secondary N) is 2. The Morgan fingerprint density at radius 1 is 1.57 bits per heavy atom. The summed E-state index contributed by atoms with van der Waals surface area (Å²) in [4.78, 5) is 16.1. The first-order valence-corrected chi connectivity index (χ1v) is 7.37. The predicted octanol–water partition coefficient (Wildman–Crippen LogP) is 1.96. The monoisotopic (exact) mass is 321 g/mol. The fourth-order valence-corrected chi connectivity index (χ4v) is 2.39. The number of amides is 1. The van der Waals surface area contributed by atoms with Crippen molar-refractivity contribution in [2.75, 3.05) is 23.3 Å². The number of hydrogen-bond acceptors (Lipinski definition) is 6. The third-order valence-electron chi connectivity index (χ3n) is 2.55. The van der Waals surface area contributed by atoms with E-state index in [1.54, 1.807) is 12.1 Å². The van der Waals surface area contributed by atoms with Crippen LogP contribution in [0.5, 0.6) is 0 Å². The maximum atomic E-state index is 12.0. The van der Waals surface area contributed by atoms with E-state index >= 15 is 0 Å². The van der Waals surface area contributed by atoms with E-state index in [0.29, 0.717) is 21.6 Å². The summed E-state index contributed by atoms with van der Waals surface area (Å²) in [6.45, 7) is 0.735. The van der Waals surface area contributed by atoms with Crippen LogP contribution in [0.2, 0.25) is 5.02 Å². The fourth-order valence-electron chi connectivity index (χ4n) is 1.51. The number of hydrogen-bond donors (Lipinski definition) is 3. The van der Waals surface area contributed by atoms with Gasteiger partial charge in [0.05, 0.1) is 17.3 Å². The molecule has 21 heavy (non-hydrogen) atoms. The summed E-state index contributed by atoms with van der Waals surface area (Å²) in [5, 5.41) is 15.5. The number of nitriles is 1. The summed E-state index contributed by atoms with van der Waals surface area (Å²) in [5.41, 5.74) is 6.42. The second kappa shape index (κ2) is 7.02. The summed E-state index contributed by atoms with van der Waals surface area (Å²) in [7, 11) is 0. The van der Waals surface area contributed by atoms with Crippen LogP contribution in [0.25, 0.3) is 0 Å². The SMILES string of the molecule is N#C/C(=C/NC1=NCCS1)C(=O)Nc1ccc(N)c(Cl)c1. The van der Waals surface area contributed by atoms with Crippen LogP contribution in [-0.2, 0) is 4.79 Å². The molecule has 1 aliphatic heterocycles. The topological polar surface area (TPSA) is 103 Å². The largest absolute Gasteiger partial charge is 0.398 e. The van der Waals surface area contributed by atoms with Crippen molar-refractivity contribution in [3.8, 4) is 6.07 Å². The van der Waals surface area contributed by atoms with Gasteiger partial charge in [0, 0.05) is 17.6 Å². The Morgan fingerprint density at radius 2 is 2.38 bits per heavy atom. The van der Waals surface area contributed by atoms with Crippen LogP contribution in [0.3, 0.4) is 0 Å². The molecular formula is C13H12ClN5OS. The smallest absolute Gasteiger partial charge is 0.267 e. The molecule has 0 aromatic heterocycles. The number of halogens is 1. The number of carbonyl (C=O) groups is 1. The second-order valence-corrected chi connectivity index (χ2v) is 5.53. The fraction of sp³-hybridized carbons (Fsp3) is 0.154. The van der Waals surface area contributed by atoms with Crippen LogP contribution in [0.15, 0.2) is 35.0 Å². The third kappa shape index (κ3) is 4.15. The van der Waals surface area contributed by atoms with Crippen molar-refractivity contribution in [3.63, 3.8) is 0 Å². The van der Waals surface area contributed by atoms with E-state index in [-0.39, 0.29) is 5.57 Å². The lowest BCUT2D eigenvalue weighted by atomic mass is 10.2. The van der Waals surface area contributed by atoms with Gasteiger partial charge in [-0.05, 0) is 18.2 Å². The molecule has 0 radical (unpaired) electrons. The van der Waals surface area contributed by atoms with Crippen molar-refractivity contribution in [2.24, 2.45) is 4.99 Å². The summed E-state index contributed by atoms with van der Waals surface area (Å²) in [6, 6.07) is 6.55. The van der Waals surface area contributed by atoms with Crippen LogP contribution in [0.1, 0.15) is 0 Å². The summed E-state index contributed by atoms with van der Waals surface area (Å²) < 4.78 is 0. The molecule has 0 fully saturated rings. The number of benzene rings is 1. The van der Waals surface area contributed by atoms with E-state index < -0.39 is 5.91 Å². The van der Waals surface area contributed by atoms with Crippen LogP contribution >= 0.6 is 23.4 Å². The highest BCUT2D eigenvalue weighted by Gasteiger charge is 2.11. The minimum absolute atomic E-state index is 0.0573. The Labute approximate surface area is 131 Å². The zero-order chi connectivity index (χ0) is 15.2. The quantitative estimate of drug-likeness (QED) is 0.448. The van der Waals surface area contributed by atoms with Crippen LogP contribution < -0.4 is 16.4 Å². The molecule has 0 saturated carbocycles. The Kier molecular flexibility index (Phi) is 5.09. The van der Waals surface area contributed by atoms with Crippen molar-refractivity contribution in [2.45, 2.75) is 0 Å². The minimum atomic E-state index is -0.533. The average Bonchev–Trinajstić information content (AvgIpc) is 2.97. The van der Waals surface area contributed by atoms with Gasteiger partial charge in [-0.1, -0.05) is 23.4 Å². The van der Waals surface area contributed by atoms with Crippen molar-refractivity contribution >= 4 is 45.8 Å². The molecule has 4 N–H and O–H groups in total. The molecular weight excluding hydrogens is 310 g/mol. The number of amidine groups is 1. The van der Waals surface area contributed by atoms with E-state index in [1.807, 2.05) is 6.07 Å². The molecule has 0 atom stereocenters. The number of rotatable bonds is 3. The molecule has 6 nitrogen and oxygen atoms in total. The van der Waals surface area contributed by atoms with Gasteiger partial charge in [-0.2, -0.15) is 5.26 Å². The number of anilines is 2. The first-order chi connectivity index (χ1) is 10.1. The molecule has 0 aliphatic carbocycles. The van der Waals surface area contributed by atoms with E-state index in [2.05, 4.69) is 15.6 Å². The van der Waals surface area contributed by atoms with Gasteiger partial charge in [-0.3, -0.25) is 9.79 Å². The van der Waals surface area contributed by atoms with Crippen molar-refractivity contribution in [3.05, 3.63) is 35.0 Å². The third-order valence-corrected chi connectivity index (χ3v) is 3.78. The molecule has 0 unspecified atom stereocenters. The molecule has 8 heteroatoms. The normalized spacial score (nSPS) is 14.3. The van der Waals surface area contributed by atoms with E-state index in [1.165, 1.54) is 24.0 Å². The van der Waals surface area contributed by atoms with Crippen molar-refractivity contribution in [1.29, 1.82) is 5.26 Å². The molecule has 108 valence electrons. The molecule has 1 aromatic rings. The minimum Gasteiger partial charge on any atom is -0.398 e. The van der Waals surface area contributed by atoms with Gasteiger partial charge in [0.1, 0.15) is 11.6 Å². The summed E-state index contributed by atoms with van der Waals surface area (Å²) in [6.07, 6.45) is 1.34. The molecule has 1 heterocycles. The first kappa shape index (κ1) is 15.2. The molecule has 0 bridgehead atoms. The number of aliphatic imine (C=N–C) groups is 1.